The van der Waals surface area contributed by atoms with Crippen molar-refractivity contribution >= 4 is 57.6 Å². The van der Waals surface area contributed by atoms with Crippen molar-refractivity contribution in [3.63, 3.8) is 0 Å². The van der Waals surface area contributed by atoms with E-state index in [1.165, 1.54) is 16.2 Å². The van der Waals surface area contributed by atoms with Crippen LogP contribution in [0, 0.1) is 0 Å². The summed E-state index contributed by atoms with van der Waals surface area (Å²) in [4.78, 5) is 26.0. The fraction of sp³-hybridized carbons (Fsp3) is 0.250. The number of carboxylic acids is 1. The zero-order chi connectivity index (χ0) is 14.0. The first-order valence-electron chi connectivity index (χ1n) is 5.58. The molecule has 1 aromatic heterocycles. The summed E-state index contributed by atoms with van der Waals surface area (Å²) in [5, 5.41) is 11.0. The van der Waals surface area contributed by atoms with Crippen LogP contribution in [0.2, 0.25) is 0 Å². The number of carboxylic acid groups (broad SMARTS) is 1. The second kappa shape index (κ2) is 5.85. The third-order valence-electron chi connectivity index (χ3n) is 2.62. The van der Waals surface area contributed by atoms with E-state index in [1.807, 2.05) is 17.5 Å². The first kappa shape index (κ1) is 14.2. The zero-order valence-electron chi connectivity index (χ0n) is 10.0. The number of thiocarbonyl (C=S) groups is 1. The van der Waals surface area contributed by atoms with Crippen LogP contribution in [0.5, 0.6) is 0 Å². The Morgan fingerprint density at radius 3 is 2.89 bits per heavy atom. The van der Waals surface area contributed by atoms with Crippen LogP contribution >= 0.6 is 35.3 Å². The number of thiophene rings is 1. The Kier molecular flexibility index (Phi) is 4.38. The molecule has 1 N–H and O–H groups in total. The molecule has 0 aromatic carbocycles. The Morgan fingerprint density at radius 1 is 1.63 bits per heavy atom. The van der Waals surface area contributed by atoms with Crippen molar-refractivity contribution in [1.82, 2.24) is 4.90 Å². The average molecular weight is 313 g/mol. The largest absolute Gasteiger partial charge is 0.480 e. The second-order valence-electron chi connectivity index (χ2n) is 3.83. The zero-order valence-corrected chi connectivity index (χ0v) is 12.5. The molecule has 100 valence electrons. The van der Waals surface area contributed by atoms with Crippen molar-refractivity contribution in [2.45, 2.75) is 19.4 Å². The van der Waals surface area contributed by atoms with Gasteiger partial charge in [-0.3, -0.25) is 9.69 Å². The Morgan fingerprint density at radius 2 is 2.37 bits per heavy atom. The summed E-state index contributed by atoms with van der Waals surface area (Å²) in [6.45, 7) is 1.72. The molecule has 1 atom stereocenters. The van der Waals surface area contributed by atoms with Crippen molar-refractivity contribution in [1.29, 1.82) is 0 Å². The highest BCUT2D eigenvalue weighted by Crippen LogP contribution is 2.35. The van der Waals surface area contributed by atoms with Crippen LogP contribution < -0.4 is 0 Å². The molecular formula is C12H11NO3S3. The Bertz CT molecular complexity index is 551. The number of hydrogen-bond acceptors (Lipinski definition) is 5. The number of aliphatic carboxylic acids is 1. The van der Waals surface area contributed by atoms with Crippen LogP contribution in [-0.4, -0.2) is 32.2 Å². The SMILES string of the molecule is CC[C@H](C(=O)O)N1C(=O)/C(=C\c2cccs2)SC1=S. The molecule has 0 bridgehead atoms. The summed E-state index contributed by atoms with van der Waals surface area (Å²) in [5.41, 5.74) is 0. The average Bonchev–Trinajstić information content (AvgIpc) is 2.94. The Balaban J connectivity index is 2.28. The molecule has 19 heavy (non-hydrogen) atoms. The summed E-state index contributed by atoms with van der Waals surface area (Å²) >= 11 is 7.79. The molecule has 1 fully saturated rings. The Hall–Kier alpha value is -1.18. The van der Waals surface area contributed by atoms with Gasteiger partial charge in [-0.25, -0.2) is 4.79 Å². The lowest BCUT2D eigenvalue weighted by Gasteiger charge is -2.21. The fourth-order valence-electron chi connectivity index (χ4n) is 1.72. The highest BCUT2D eigenvalue weighted by Gasteiger charge is 2.39. The lowest BCUT2D eigenvalue weighted by atomic mass is 10.2. The van der Waals surface area contributed by atoms with E-state index in [9.17, 15) is 9.59 Å². The van der Waals surface area contributed by atoms with E-state index in [2.05, 4.69) is 0 Å². The molecule has 2 heterocycles. The quantitative estimate of drug-likeness (QED) is 0.684. The van der Waals surface area contributed by atoms with Crippen molar-refractivity contribution in [3.8, 4) is 0 Å². The Labute approximate surface area is 124 Å². The van der Waals surface area contributed by atoms with E-state index in [4.69, 9.17) is 17.3 Å². The summed E-state index contributed by atoms with van der Waals surface area (Å²) in [5.74, 6) is -1.35. The van der Waals surface area contributed by atoms with Gasteiger partial charge in [0.15, 0.2) is 0 Å². The molecule has 4 nitrogen and oxygen atoms in total. The molecule has 1 aliphatic heterocycles. The van der Waals surface area contributed by atoms with Crippen LogP contribution in [0.25, 0.3) is 6.08 Å². The van der Waals surface area contributed by atoms with E-state index < -0.39 is 12.0 Å². The fourth-order valence-corrected chi connectivity index (χ4v) is 3.80. The standard InChI is InChI=1S/C12H11NO3S3/c1-2-8(11(15)16)13-10(14)9(19-12(13)17)6-7-4-3-5-18-7/h3-6,8H,2H2,1H3,(H,15,16)/b9-6+/t8-/m1/s1. The smallest absolute Gasteiger partial charge is 0.326 e. The van der Waals surface area contributed by atoms with E-state index in [0.717, 1.165) is 16.6 Å². The minimum Gasteiger partial charge on any atom is -0.480 e. The molecule has 0 saturated carbocycles. The van der Waals surface area contributed by atoms with Gasteiger partial charge in [-0.15, -0.1) is 11.3 Å². The number of thioether (sulfide) groups is 1. The summed E-state index contributed by atoms with van der Waals surface area (Å²) in [7, 11) is 0. The first-order chi connectivity index (χ1) is 9.04. The molecular weight excluding hydrogens is 302 g/mol. The molecule has 0 radical (unpaired) electrons. The summed E-state index contributed by atoms with van der Waals surface area (Å²) in [6, 6.07) is 2.90. The first-order valence-corrected chi connectivity index (χ1v) is 7.68. The van der Waals surface area contributed by atoms with E-state index >= 15 is 0 Å². The van der Waals surface area contributed by atoms with Gasteiger partial charge in [0.2, 0.25) is 0 Å². The van der Waals surface area contributed by atoms with Crippen LogP contribution in [0.3, 0.4) is 0 Å². The maximum atomic E-state index is 12.2. The molecule has 7 heteroatoms. The van der Waals surface area contributed by atoms with Crippen LogP contribution in [0.1, 0.15) is 18.2 Å². The van der Waals surface area contributed by atoms with Gasteiger partial charge in [-0.05, 0) is 23.9 Å². The second-order valence-corrected chi connectivity index (χ2v) is 6.48. The van der Waals surface area contributed by atoms with Gasteiger partial charge in [-0.1, -0.05) is 37.0 Å². The van der Waals surface area contributed by atoms with E-state index in [0.29, 0.717) is 15.6 Å². The predicted octanol–water partition coefficient (Wildman–Crippen LogP) is 2.81. The van der Waals surface area contributed by atoms with Gasteiger partial charge in [0.05, 0.1) is 4.91 Å². The molecule has 1 aliphatic rings. The van der Waals surface area contributed by atoms with Gasteiger partial charge in [0.25, 0.3) is 5.91 Å². The number of nitrogens with zero attached hydrogens (tertiary/aromatic N) is 1. The maximum Gasteiger partial charge on any atom is 0.326 e. The van der Waals surface area contributed by atoms with Crippen LogP contribution in [0.15, 0.2) is 22.4 Å². The van der Waals surface area contributed by atoms with Crippen molar-refractivity contribution < 1.29 is 14.7 Å². The number of hydrogen-bond donors (Lipinski definition) is 1. The number of amides is 1. The van der Waals surface area contributed by atoms with Crippen LogP contribution in [0.4, 0.5) is 0 Å². The lowest BCUT2D eigenvalue weighted by Crippen LogP contribution is -2.43. The molecule has 1 aromatic rings. The predicted molar refractivity (Wildman–Crippen MR) is 81.0 cm³/mol. The third-order valence-corrected chi connectivity index (χ3v) is 4.77. The topological polar surface area (TPSA) is 57.6 Å². The maximum absolute atomic E-state index is 12.2. The lowest BCUT2D eigenvalue weighted by molar-refractivity contribution is -0.145. The summed E-state index contributed by atoms with van der Waals surface area (Å²) < 4.78 is 0.307. The van der Waals surface area contributed by atoms with Gasteiger partial charge in [0, 0.05) is 4.88 Å². The van der Waals surface area contributed by atoms with Gasteiger partial charge in [-0.2, -0.15) is 0 Å². The normalized spacial score (nSPS) is 19.2. The number of rotatable bonds is 4. The molecule has 1 saturated heterocycles. The monoisotopic (exact) mass is 313 g/mol. The molecule has 0 unspecified atom stereocenters. The minimum absolute atomic E-state index is 0.307. The number of carbonyl (C=O) groups is 2. The highest BCUT2D eigenvalue weighted by atomic mass is 32.2. The molecule has 0 spiro atoms. The van der Waals surface area contributed by atoms with Gasteiger partial charge in [0.1, 0.15) is 10.4 Å². The minimum atomic E-state index is -1.03. The molecule has 1 amide bonds. The van der Waals surface area contributed by atoms with Crippen LogP contribution in [-0.2, 0) is 9.59 Å². The number of carbonyl (C=O) groups excluding carboxylic acids is 1. The molecule has 2 rings (SSSR count). The van der Waals surface area contributed by atoms with Crippen molar-refractivity contribution in [3.05, 3.63) is 27.3 Å². The molecule has 0 aliphatic carbocycles. The summed E-state index contributed by atoms with van der Waals surface area (Å²) in [6.07, 6.45) is 2.08. The third kappa shape index (κ3) is 2.88. The van der Waals surface area contributed by atoms with Gasteiger partial charge < -0.3 is 5.11 Å². The van der Waals surface area contributed by atoms with Crippen molar-refractivity contribution in [2.75, 3.05) is 0 Å². The van der Waals surface area contributed by atoms with Crippen molar-refractivity contribution in [2.24, 2.45) is 0 Å². The van der Waals surface area contributed by atoms with E-state index in [-0.39, 0.29) is 5.91 Å². The highest BCUT2D eigenvalue weighted by molar-refractivity contribution is 8.26. The van der Waals surface area contributed by atoms with Gasteiger partial charge >= 0.3 is 5.97 Å². The van der Waals surface area contributed by atoms with E-state index in [1.54, 1.807) is 13.0 Å².